The molecule has 0 atom stereocenters. The monoisotopic (exact) mass is 459 g/mol. The van der Waals surface area contributed by atoms with Crippen LogP contribution in [0.2, 0.25) is 0 Å². The van der Waals surface area contributed by atoms with Gasteiger partial charge < -0.3 is 14.6 Å². The molecule has 1 aromatic rings. The number of carbonyl (C=O) groups is 3. The third-order valence-corrected chi connectivity index (χ3v) is 4.95. The number of thioether (sulfide) groups is 1. The summed E-state index contributed by atoms with van der Waals surface area (Å²) in [6.07, 6.45) is 1.55. The number of hydrogen-bond donors (Lipinski definition) is 1. The molecule has 1 amide bonds. The first-order valence-electron chi connectivity index (χ1n) is 7.37. The molecule has 10 heteroatoms. The van der Waals surface area contributed by atoms with E-state index in [9.17, 15) is 14.4 Å². The highest BCUT2D eigenvalue weighted by Crippen LogP contribution is 2.35. The quantitative estimate of drug-likeness (QED) is 0.377. The van der Waals surface area contributed by atoms with E-state index in [2.05, 4.69) is 15.9 Å². The van der Waals surface area contributed by atoms with Crippen molar-refractivity contribution < 1.29 is 29.0 Å². The van der Waals surface area contributed by atoms with Crippen LogP contribution in [0.5, 0.6) is 5.75 Å². The maximum atomic E-state index is 12.4. The summed E-state index contributed by atoms with van der Waals surface area (Å²) in [4.78, 5) is 36.0. The minimum Gasteiger partial charge on any atom is -0.481 e. The summed E-state index contributed by atoms with van der Waals surface area (Å²) in [5.41, 5.74) is 0.541. The standard InChI is InChI=1S/C16H14BrNO6S2/c1-2-23-14(21)8-24-11-4-3-10(17)5-9(11)6-12-15(22)18(7-13(19)20)16(25)26-12/h3-6H,2,7-8H2,1H3,(H,19,20)/b12-6+. The molecule has 0 unspecified atom stereocenters. The van der Waals surface area contributed by atoms with E-state index >= 15 is 0 Å². The van der Waals surface area contributed by atoms with Crippen LogP contribution in [0.25, 0.3) is 6.08 Å². The van der Waals surface area contributed by atoms with E-state index in [1.54, 1.807) is 31.2 Å². The van der Waals surface area contributed by atoms with Gasteiger partial charge in [0.1, 0.15) is 16.6 Å². The summed E-state index contributed by atoms with van der Waals surface area (Å²) in [5, 5.41) is 8.88. The van der Waals surface area contributed by atoms with Crippen LogP contribution < -0.4 is 4.74 Å². The fraction of sp³-hybridized carbons (Fsp3) is 0.250. The number of carboxylic acids is 1. The highest BCUT2D eigenvalue weighted by Gasteiger charge is 2.33. The van der Waals surface area contributed by atoms with Crippen molar-refractivity contribution in [1.82, 2.24) is 4.90 Å². The van der Waals surface area contributed by atoms with Crippen LogP contribution in [0.3, 0.4) is 0 Å². The maximum Gasteiger partial charge on any atom is 0.344 e. The minimum absolute atomic E-state index is 0.174. The van der Waals surface area contributed by atoms with E-state index < -0.39 is 24.4 Å². The second kappa shape index (κ2) is 9.15. The van der Waals surface area contributed by atoms with Crippen molar-refractivity contribution in [2.24, 2.45) is 0 Å². The molecule has 0 radical (unpaired) electrons. The lowest BCUT2D eigenvalue weighted by atomic mass is 10.2. The fourth-order valence-electron chi connectivity index (χ4n) is 2.02. The Labute approximate surface area is 167 Å². The van der Waals surface area contributed by atoms with Crippen molar-refractivity contribution in [1.29, 1.82) is 0 Å². The maximum absolute atomic E-state index is 12.4. The van der Waals surface area contributed by atoms with Gasteiger partial charge in [0.05, 0.1) is 11.5 Å². The molecule has 0 aliphatic carbocycles. The summed E-state index contributed by atoms with van der Waals surface area (Å²) >= 11 is 9.41. The van der Waals surface area contributed by atoms with Crippen molar-refractivity contribution in [3.05, 3.63) is 33.1 Å². The molecule has 1 heterocycles. The number of nitrogens with zero attached hydrogens (tertiary/aromatic N) is 1. The number of esters is 1. The molecule has 0 saturated carbocycles. The molecule has 2 rings (SSSR count). The number of rotatable bonds is 7. The van der Waals surface area contributed by atoms with Gasteiger partial charge in [-0.3, -0.25) is 14.5 Å². The Bertz CT molecular complexity index is 795. The number of hydrogen-bond acceptors (Lipinski definition) is 7. The molecule has 0 spiro atoms. The minimum atomic E-state index is -1.15. The van der Waals surface area contributed by atoms with E-state index in [0.29, 0.717) is 11.3 Å². The second-order valence-corrected chi connectivity index (χ2v) is 7.53. The smallest absolute Gasteiger partial charge is 0.344 e. The Balaban J connectivity index is 2.25. The van der Waals surface area contributed by atoms with Crippen molar-refractivity contribution in [2.75, 3.05) is 19.8 Å². The van der Waals surface area contributed by atoms with Crippen molar-refractivity contribution in [3.8, 4) is 5.75 Å². The van der Waals surface area contributed by atoms with Gasteiger partial charge in [0.15, 0.2) is 6.61 Å². The molecule has 1 aliphatic rings. The van der Waals surface area contributed by atoms with Crippen LogP contribution in [0.15, 0.2) is 27.6 Å². The number of halogens is 1. The van der Waals surface area contributed by atoms with E-state index in [-0.39, 0.29) is 22.4 Å². The first-order chi connectivity index (χ1) is 12.3. The number of aliphatic carboxylic acids is 1. The Morgan fingerprint density at radius 1 is 1.42 bits per heavy atom. The SMILES string of the molecule is CCOC(=O)COc1ccc(Br)cc1/C=C1/SC(=S)N(CC(=O)O)C1=O. The third kappa shape index (κ3) is 5.29. The molecule has 1 aliphatic heterocycles. The van der Waals surface area contributed by atoms with E-state index in [0.717, 1.165) is 21.1 Å². The molecule has 138 valence electrons. The fourth-order valence-corrected chi connectivity index (χ4v) is 3.64. The zero-order valence-electron chi connectivity index (χ0n) is 13.6. The number of amides is 1. The lowest BCUT2D eigenvalue weighted by Crippen LogP contribution is -2.33. The summed E-state index contributed by atoms with van der Waals surface area (Å²) in [6, 6.07) is 5.09. The van der Waals surface area contributed by atoms with Gasteiger partial charge >= 0.3 is 11.9 Å². The van der Waals surface area contributed by atoms with Gasteiger partial charge in [0.25, 0.3) is 5.91 Å². The molecule has 7 nitrogen and oxygen atoms in total. The Morgan fingerprint density at radius 3 is 2.81 bits per heavy atom. The lowest BCUT2D eigenvalue weighted by molar-refractivity contribution is -0.145. The number of benzene rings is 1. The largest absolute Gasteiger partial charge is 0.481 e. The molecule has 1 N–H and O–H groups in total. The average Bonchev–Trinajstić information content (AvgIpc) is 2.81. The molecule has 0 aromatic heterocycles. The predicted octanol–water partition coefficient (Wildman–Crippen LogP) is 2.68. The normalized spacial score (nSPS) is 15.5. The van der Waals surface area contributed by atoms with Gasteiger partial charge in [0.2, 0.25) is 0 Å². The molecule has 1 aromatic carbocycles. The van der Waals surface area contributed by atoms with Crippen LogP contribution in [0.1, 0.15) is 12.5 Å². The molecular formula is C16H14BrNO6S2. The Hall–Kier alpha value is -1.91. The van der Waals surface area contributed by atoms with Gasteiger partial charge in [-0.15, -0.1) is 0 Å². The summed E-state index contributed by atoms with van der Waals surface area (Å²) in [7, 11) is 0. The van der Waals surface area contributed by atoms with Gasteiger partial charge in [-0.05, 0) is 31.2 Å². The van der Waals surface area contributed by atoms with Gasteiger partial charge in [-0.2, -0.15) is 0 Å². The third-order valence-electron chi connectivity index (χ3n) is 3.08. The second-order valence-electron chi connectivity index (χ2n) is 4.94. The van der Waals surface area contributed by atoms with Crippen LogP contribution in [0, 0.1) is 0 Å². The highest BCUT2D eigenvalue weighted by molar-refractivity contribution is 9.10. The van der Waals surface area contributed by atoms with Crippen LogP contribution in [-0.2, 0) is 19.1 Å². The first kappa shape index (κ1) is 20.4. The van der Waals surface area contributed by atoms with E-state index in [4.69, 9.17) is 26.8 Å². The molecule has 0 bridgehead atoms. The zero-order chi connectivity index (χ0) is 19.3. The average molecular weight is 460 g/mol. The number of thiocarbonyl (C=S) groups is 1. The number of ether oxygens (including phenoxy) is 2. The topological polar surface area (TPSA) is 93.1 Å². The zero-order valence-corrected chi connectivity index (χ0v) is 16.8. The number of carbonyl (C=O) groups excluding carboxylic acids is 2. The molecule has 26 heavy (non-hydrogen) atoms. The summed E-state index contributed by atoms with van der Waals surface area (Å²) in [6.45, 7) is 1.19. The van der Waals surface area contributed by atoms with Gasteiger partial charge in [-0.1, -0.05) is 39.9 Å². The van der Waals surface area contributed by atoms with Crippen LogP contribution in [-0.4, -0.2) is 51.9 Å². The molecular weight excluding hydrogens is 446 g/mol. The van der Waals surface area contributed by atoms with E-state index in [1.807, 2.05) is 0 Å². The van der Waals surface area contributed by atoms with Crippen LogP contribution >= 0.6 is 39.9 Å². The summed E-state index contributed by atoms with van der Waals surface area (Å²) in [5.74, 6) is -1.76. The van der Waals surface area contributed by atoms with Gasteiger partial charge in [0, 0.05) is 10.0 Å². The van der Waals surface area contributed by atoms with Crippen molar-refractivity contribution >= 4 is 68.2 Å². The number of carboxylic acid groups (broad SMARTS) is 1. The van der Waals surface area contributed by atoms with E-state index in [1.165, 1.54) is 0 Å². The predicted molar refractivity (Wildman–Crippen MR) is 104 cm³/mol. The lowest BCUT2D eigenvalue weighted by Gasteiger charge is -2.11. The first-order valence-corrected chi connectivity index (χ1v) is 9.38. The van der Waals surface area contributed by atoms with Crippen molar-refractivity contribution in [3.63, 3.8) is 0 Å². The Morgan fingerprint density at radius 2 is 2.15 bits per heavy atom. The summed E-state index contributed by atoms with van der Waals surface area (Å²) < 4.78 is 11.2. The van der Waals surface area contributed by atoms with Gasteiger partial charge in [-0.25, -0.2) is 4.79 Å². The molecule has 1 saturated heterocycles. The Kier molecular flexibility index (Phi) is 7.18. The van der Waals surface area contributed by atoms with Crippen molar-refractivity contribution in [2.45, 2.75) is 6.92 Å². The van der Waals surface area contributed by atoms with Crippen LogP contribution in [0.4, 0.5) is 0 Å². The highest BCUT2D eigenvalue weighted by atomic mass is 79.9. The molecule has 1 fully saturated rings.